The maximum atomic E-state index is 5.21. The lowest BCUT2D eigenvalue weighted by molar-refractivity contribution is 0.156. The fourth-order valence-corrected chi connectivity index (χ4v) is 2.31. The van der Waals surface area contributed by atoms with Crippen molar-refractivity contribution in [3.63, 3.8) is 0 Å². The van der Waals surface area contributed by atoms with Crippen LogP contribution in [-0.4, -0.2) is 35.8 Å². The van der Waals surface area contributed by atoms with Crippen LogP contribution in [0.25, 0.3) is 11.3 Å². The van der Waals surface area contributed by atoms with Gasteiger partial charge in [-0.05, 0) is 41.1 Å². The van der Waals surface area contributed by atoms with Crippen LogP contribution in [0, 0.1) is 0 Å². The molecule has 0 saturated heterocycles. The molecular weight excluding hydrogens is 310 g/mol. The van der Waals surface area contributed by atoms with Crippen LogP contribution in [0.3, 0.4) is 0 Å². The van der Waals surface area contributed by atoms with Crippen LogP contribution in [0.1, 0.15) is 13.0 Å². The molecule has 2 aromatic rings. The normalized spacial score (nSPS) is 12.4. The van der Waals surface area contributed by atoms with E-state index >= 15 is 0 Å². The van der Waals surface area contributed by atoms with Crippen molar-refractivity contribution in [1.29, 1.82) is 0 Å². The third-order valence-corrected chi connectivity index (χ3v) is 3.44. The first kappa shape index (κ1) is 14.0. The SMILES string of the molecule is COCC(C)n1cc(-c2ccc(OC)c(Br)c2)nn1. The first-order valence-electron chi connectivity index (χ1n) is 5.90. The van der Waals surface area contributed by atoms with Crippen molar-refractivity contribution >= 4 is 15.9 Å². The molecule has 0 spiro atoms. The number of benzene rings is 1. The van der Waals surface area contributed by atoms with Gasteiger partial charge in [0.15, 0.2) is 0 Å². The third kappa shape index (κ3) is 3.13. The van der Waals surface area contributed by atoms with E-state index in [1.54, 1.807) is 18.9 Å². The van der Waals surface area contributed by atoms with Gasteiger partial charge in [0, 0.05) is 12.7 Å². The average molecular weight is 326 g/mol. The smallest absolute Gasteiger partial charge is 0.133 e. The molecule has 1 atom stereocenters. The molecule has 102 valence electrons. The van der Waals surface area contributed by atoms with Crippen LogP contribution in [0.4, 0.5) is 0 Å². The summed E-state index contributed by atoms with van der Waals surface area (Å²) in [7, 11) is 3.32. The van der Waals surface area contributed by atoms with Crippen LogP contribution >= 0.6 is 15.9 Å². The molecule has 0 bridgehead atoms. The van der Waals surface area contributed by atoms with Gasteiger partial charge >= 0.3 is 0 Å². The molecule has 1 aromatic carbocycles. The topological polar surface area (TPSA) is 49.2 Å². The number of halogens is 1. The Hall–Kier alpha value is -1.40. The largest absolute Gasteiger partial charge is 0.496 e. The van der Waals surface area contributed by atoms with Gasteiger partial charge in [-0.3, -0.25) is 0 Å². The van der Waals surface area contributed by atoms with Gasteiger partial charge in [0.25, 0.3) is 0 Å². The van der Waals surface area contributed by atoms with Gasteiger partial charge in [-0.15, -0.1) is 5.10 Å². The number of rotatable bonds is 5. The van der Waals surface area contributed by atoms with Crippen molar-refractivity contribution in [1.82, 2.24) is 15.0 Å². The molecule has 0 fully saturated rings. The number of aromatic nitrogens is 3. The molecule has 2 rings (SSSR count). The quantitative estimate of drug-likeness (QED) is 0.848. The van der Waals surface area contributed by atoms with Gasteiger partial charge in [-0.25, -0.2) is 4.68 Å². The first-order valence-corrected chi connectivity index (χ1v) is 6.69. The number of hydrogen-bond donors (Lipinski definition) is 0. The van der Waals surface area contributed by atoms with Crippen LogP contribution in [0.2, 0.25) is 0 Å². The zero-order valence-electron chi connectivity index (χ0n) is 11.1. The summed E-state index contributed by atoms with van der Waals surface area (Å²) >= 11 is 3.47. The van der Waals surface area contributed by atoms with E-state index in [4.69, 9.17) is 9.47 Å². The Balaban J connectivity index is 2.25. The summed E-state index contributed by atoms with van der Waals surface area (Å²) in [6.07, 6.45) is 1.91. The fourth-order valence-electron chi connectivity index (χ4n) is 1.77. The molecule has 0 radical (unpaired) electrons. The molecular formula is C13H16BrN3O2. The molecule has 1 unspecified atom stereocenters. The highest BCUT2D eigenvalue weighted by atomic mass is 79.9. The van der Waals surface area contributed by atoms with E-state index in [2.05, 4.69) is 26.2 Å². The average Bonchev–Trinajstić information content (AvgIpc) is 2.88. The molecule has 6 heteroatoms. The van der Waals surface area contributed by atoms with E-state index in [0.717, 1.165) is 21.5 Å². The van der Waals surface area contributed by atoms with Gasteiger partial charge in [-0.1, -0.05) is 5.21 Å². The Kier molecular flexibility index (Phi) is 4.55. The van der Waals surface area contributed by atoms with Crippen molar-refractivity contribution in [2.45, 2.75) is 13.0 Å². The van der Waals surface area contributed by atoms with Crippen LogP contribution in [0.5, 0.6) is 5.75 Å². The summed E-state index contributed by atoms with van der Waals surface area (Å²) in [4.78, 5) is 0. The molecule has 0 saturated carbocycles. The minimum atomic E-state index is 0.160. The highest BCUT2D eigenvalue weighted by molar-refractivity contribution is 9.10. The van der Waals surface area contributed by atoms with Crippen molar-refractivity contribution < 1.29 is 9.47 Å². The van der Waals surface area contributed by atoms with E-state index in [9.17, 15) is 0 Å². The summed E-state index contributed by atoms with van der Waals surface area (Å²) in [6, 6.07) is 5.98. The summed E-state index contributed by atoms with van der Waals surface area (Å²) < 4.78 is 13.0. The van der Waals surface area contributed by atoms with Gasteiger partial charge in [-0.2, -0.15) is 0 Å². The fraction of sp³-hybridized carbons (Fsp3) is 0.385. The molecule has 0 aliphatic rings. The molecule has 19 heavy (non-hydrogen) atoms. The van der Waals surface area contributed by atoms with Gasteiger partial charge < -0.3 is 9.47 Å². The van der Waals surface area contributed by atoms with E-state index in [1.165, 1.54) is 0 Å². The minimum Gasteiger partial charge on any atom is -0.496 e. The second kappa shape index (κ2) is 6.16. The maximum absolute atomic E-state index is 5.21. The Morgan fingerprint density at radius 3 is 2.79 bits per heavy atom. The maximum Gasteiger partial charge on any atom is 0.133 e. The van der Waals surface area contributed by atoms with Crippen LogP contribution in [-0.2, 0) is 4.74 Å². The number of methoxy groups -OCH3 is 2. The lowest BCUT2D eigenvalue weighted by atomic mass is 10.1. The van der Waals surface area contributed by atoms with Crippen molar-refractivity contribution in [2.75, 3.05) is 20.8 Å². The zero-order chi connectivity index (χ0) is 13.8. The second-order valence-corrected chi connectivity index (χ2v) is 5.09. The minimum absolute atomic E-state index is 0.160. The van der Waals surface area contributed by atoms with Gasteiger partial charge in [0.2, 0.25) is 0 Å². The molecule has 1 heterocycles. The van der Waals surface area contributed by atoms with Crippen LogP contribution in [0.15, 0.2) is 28.9 Å². The van der Waals surface area contributed by atoms with Crippen molar-refractivity contribution in [3.8, 4) is 17.0 Å². The lowest BCUT2D eigenvalue weighted by Crippen LogP contribution is -2.11. The van der Waals surface area contributed by atoms with Crippen molar-refractivity contribution in [3.05, 3.63) is 28.9 Å². The summed E-state index contributed by atoms with van der Waals surface area (Å²) in [5.41, 5.74) is 1.81. The summed E-state index contributed by atoms with van der Waals surface area (Å²) in [5, 5.41) is 8.31. The summed E-state index contributed by atoms with van der Waals surface area (Å²) in [5.74, 6) is 0.795. The molecule has 0 amide bonds. The Labute approximate surface area is 120 Å². The van der Waals surface area contributed by atoms with E-state index in [1.807, 2.05) is 31.3 Å². The number of hydrogen-bond acceptors (Lipinski definition) is 4. The lowest BCUT2D eigenvalue weighted by Gasteiger charge is -2.08. The van der Waals surface area contributed by atoms with Gasteiger partial charge in [0.05, 0.1) is 30.4 Å². The Bertz CT molecular complexity index is 557. The first-order chi connectivity index (χ1) is 9.15. The third-order valence-electron chi connectivity index (χ3n) is 2.82. The Morgan fingerprint density at radius 2 is 2.16 bits per heavy atom. The molecule has 0 aliphatic carbocycles. The van der Waals surface area contributed by atoms with Crippen LogP contribution < -0.4 is 4.74 Å². The number of ether oxygens (including phenoxy) is 2. The predicted octanol–water partition coefficient (Wildman–Crippen LogP) is 2.92. The monoisotopic (exact) mass is 325 g/mol. The second-order valence-electron chi connectivity index (χ2n) is 4.24. The van der Waals surface area contributed by atoms with Crippen molar-refractivity contribution in [2.24, 2.45) is 0 Å². The highest BCUT2D eigenvalue weighted by Gasteiger charge is 2.10. The molecule has 5 nitrogen and oxygen atoms in total. The van der Waals surface area contributed by atoms with E-state index in [0.29, 0.717) is 6.61 Å². The van der Waals surface area contributed by atoms with Gasteiger partial charge in [0.1, 0.15) is 11.4 Å². The molecule has 0 aliphatic heterocycles. The number of nitrogens with zero attached hydrogens (tertiary/aromatic N) is 3. The predicted molar refractivity (Wildman–Crippen MR) is 76.3 cm³/mol. The zero-order valence-corrected chi connectivity index (χ0v) is 12.7. The standard InChI is InChI=1S/C13H16BrN3O2/c1-9(8-18-2)17-7-12(15-16-17)10-4-5-13(19-3)11(14)6-10/h4-7,9H,8H2,1-3H3. The molecule has 0 N–H and O–H groups in total. The van der Waals surface area contributed by atoms with E-state index < -0.39 is 0 Å². The molecule has 1 aromatic heterocycles. The van der Waals surface area contributed by atoms with E-state index in [-0.39, 0.29) is 6.04 Å². The summed E-state index contributed by atoms with van der Waals surface area (Å²) in [6.45, 7) is 2.64. The highest BCUT2D eigenvalue weighted by Crippen LogP contribution is 2.29. The Morgan fingerprint density at radius 1 is 1.37 bits per heavy atom.